The van der Waals surface area contributed by atoms with Crippen LogP contribution in [-0.2, 0) is 0 Å². The summed E-state index contributed by atoms with van der Waals surface area (Å²) in [5.41, 5.74) is 1.28. The lowest BCUT2D eigenvalue weighted by atomic mass is 10.2. The van der Waals surface area contributed by atoms with Crippen molar-refractivity contribution in [3.8, 4) is 0 Å². The van der Waals surface area contributed by atoms with Crippen molar-refractivity contribution in [2.75, 3.05) is 0 Å². The van der Waals surface area contributed by atoms with Gasteiger partial charge in [0.1, 0.15) is 0 Å². The van der Waals surface area contributed by atoms with Crippen LogP contribution in [0, 0.1) is 19.7 Å². The molecule has 0 saturated heterocycles. The van der Waals surface area contributed by atoms with Crippen LogP contribution in [0.2, 0.25) is 5.15 Å². The van der Waals surface area contributed by atoms with Crippen LogP contribution in [-0.4, -0.2) is 4.98 Å². The van der Waals surface area contributed by atoms with Crippen LogP contribution in [0.3, 0.4) is 0 Å². The number of halogens is 2. The second kappa shape index (κ2) is 2.54. The molecule has 0 aliphatic heterocycles. The maximum atomic E-state index is 12.7. The molecule has 0 unspecified atom stereocenters. The zero-order valence-electron chi connectivity index (χ0n) is 5.78. The fraction of sp³-hybridized carbons (Fsp3) is 0.286. The van der Waals surface area contributed by atoms with Gasteiger partial charge in [0.05, 0.1) is 0 Å². The van der Waals surface area contributed by atoms with E-state index in [-0.39, 0.29) is 5.15 Å². The Hall–Kier alpha value is -0.630. The second-order valence-corrected chi connectivity index (χ2v) is 2.54. The summed E-state index contributed by atoms with van der Waals surface area (Å²) in [4.78, 5) is 3.72. The number of aryl methyl sites for hydroxylation is 2. The van der Waals surface area contributed by atoms with E-state index >= 15 is 0 Å². The van der Waals surface area contributed by atoms with Gasteiger partial charge in [0.2, 0.25) is 0 Å². The van der Waals surface area contributed by atoms with E-state index in [9.17, 15) is 4.39 Å². The summed E-state index contributed by atoms with van der Waals surface area (Å²) in [5, 5.41) is -0.0440. The Bertz CT molecular complexity index is 237. The van der Waals surface area contributed by atoms with Gasteiger partial charge in [-0.15, -0.1) is 0 Å². The molecule has 54 valence electrons. The molecule has 0 aliphatic rings. The summed E-state index contributed by atoms with van der Waals surface area (Å²) in [6.45, 7) is 3.44. The van der Waals surface area contributed by atoms with Crippen molar-refractivity contribution in [3.05, 3.63) is 28.3 Å². The highest BCUT2D eigenvalue weighted by Gasteiger charge is 2.03. The first kappa shape index (κ1) is 7.48. The summed E-state index contributed by atoms with van der Waals surface area (Å²) in [7, 11) is 0. The SMILES string of the molecule is Cc1cc(C)c(F)c(Cl)n1. The molecule has 0 atom stereocenters. The topological polar surface area (TPSA) is 12.9 Å². The molecule has 1 nitrogen and oxygen atoms in total. The molecule has 0 saturated carbocycles. The van der Waals surface area contributed by atoms with Crippen molar-refractivity contribution >= 4 is 11.6 Å². The molecule has 1 heterocycles. The van der Waals surface area contributed by atoms with Gasteiger partial charge < -0.3 is 0 Å². The molecule has 0 N–H and O–H groups in total. The first-order valence-electron chi connectivity index (χ1n) is 2.90. The maximum Gasteiger partial charge on any atom is 0.165 e. The van der Waals surface area contributed by atoms with Crippen LogP contribution in [0.5, 0.6) is 0 Å². The van der Waals surface area contributed by atoms with Crippen molar-refractivity contribution in [2.24, 2.45) is 0 Å². The fourth-order valence-electron chi connectivity index (χ4n) is 0.776. The largest absolute Gasteiger partial charge is 0.238 e. The zero-order chi connectivity index (χ0) is 7.72. The average Bonchev–Trinajstić information content (AvgIpc) is 1.82. The Labute approximate surface area is 63.8 Å². The predicted molar refractivity (Wildman–Crippen MR) is 38.7 cm³/mol. The Morgan fingerprint density at radius 2 is 2.10 bits per heavy atom. The van der Waals surface area contributed by atoms with Gasteiger partial charge in [-0.3, -0.25) is 0 Å². The highest BCUT2D eigenvalue weighted by atomic mass is 35.5. The number of hydrogen-bond acceptors (Lipinski definition) is 1. The molecule has 0 fully saturated rings. The van der Waals surface area contributed by atoms with Crippen LogP contribution < -0.4 is 0 Å². The molecule has 0 aromatic carbocycles. The van der Waals surface area contributed by atoms with Gasteiger partial charge in [-0.2, -0.15) is 0 Å². The molecule has 3 heteroatoms. The Morgan fingerprint density at radius 3 is 2.60 bits per heavy atom. The average molecular weight is 160 g/mol. The molecule has 1 rings (SSSR count). The molecule has 0 bridgehead atoms. The minimum absolute atomic E-state index is 0.0440. The van der Waals surface area contributed by atoms with E-state index in [1.54, 1.807) is 19.9 Å². The van der Waals surface area contributed by atoms with Gasteiger partial charge in [-0.05, 0) is 25.5 Å². The lowest BCUT2D eigenvalue weighted by Crippen LogP contribution is -1.90. The maximum absolute atomic E-state index is 12.7. The summed E-state index contributed by atoms with van der Waals surface area (Å²) >= 11 is 5.43. The van der Waals surface area contributed by atoms with Crippen molar-refractivity contribution in [1.82, 2.24) is 4.98 Å². The Balaban J connectivity index is 3.31. The lowest BCUT2D eigenvalue weighted by molar-refractivity contribution is 0.611. The molecular formula is C7H7ClFN. The van der Waals surface area contributed by atoms with E-state index in [0.29, 0.717) is 5.56 Å². The van der Waals surface area contributed by atoms with Crippen LogP contribution in [0.1, 0.15) is 11.3 Å². The van der Waals surface area contributed by atoms with E-state index in [1.807, 2.05) is 0 Å². The minimum Gasteiger partial charge on any atom is -0.238 e. The molecule has 10 heavy (non-hydrogen) atoms. The molecule has 0 radical (unpaired) electrons. The molecular weight excluding hydrogens is 153 g/mol. The van der Waals surface area contributed by atoms with Gasteiger partial charge in [0.25, 0.3) is 0 Å². The molecule has 0 spiro atoms. The molecule has 1 aromatic heterocycles. The van der Waals surface area contributed by atoms with Crippen molar-refractivity contribution < 1.29 is 4.39 Å². The van der Waals surface area contributed by atoms with E-state index in [2.05, 4.69) is 4.98 Å². The van der Waals surface area contributed by atoms with Gasteiger partial charge in [-0.1, -0.05) is 11.6 Å². The van der Waals surface area contributed by atoms with Crippen molar-refractivity contribution in [2.45, 2.75) is 13.8 Å². The number of hydrogen-bond donors (Lipinski definition) is 0. The van der Waals surface area contributed by atoms with Gasteiger partial charge in [-0.25, -0.2) is 9.37 Å². The normalized spacial score (nSPS) is 10.0. The van der Waals surface area contributed by atoms with Crippen LogP contribution in [0.15, 0.2) is 6.07 Å². The van der Waals surface area contributed by atoms with Gasteiger partial charge in [0, 0.05) is 5.69 Å². The van der Waals surface area contributed by atoms with E-state index < -0.39 is 5.82 Å². The lowest BCUT2D eigenvalue weighted by Gasteiger charge is -1.98. The predicted octanol–water partition coefficient (Wildman–Crippen LogP) is 2.49. The van der Waals surface area contributed by atoms with Crippen molar-refractivity contribution in [3.63, 3.8) is 0 Å². The highest BCUT2D eigenvalue weighted by molar-refractivity contribution is 6.29. The van der Waals surface area contributed by atoms with E-state index in [1.165, 1.54) is 0 Å². The number of pyridine rings is 1. The number of rotatable bonds is 0. The van der Waals surface area contributed by atoms with Crippen molar-refractivity contribution in [1.29, 1.82) is 0 Å². The highest BCUT2D eigenvalue weighted by Crippen LogP contribution is 2.15. The molecule has 0 aliphatic carbocycles. The zero-order valence-corrected chi connectivity index (χ0v) is 6.54. The third-order valence-corrected chi connectivity index (χ3v) is 1.48. The summed E-state index contributed by atoms with van der Waals surface area (Å²) < 4.78 is 12.7. The third kappa shape index (κ3) is 1.27. The Morgan fingerprint density at radius 1 is 1.50 bits per heavy atom. The third-order valence-electron chi connectivity index (χ3n) is 1.23. The first-order valence-corrected chi connectivity index (χ1v) is 3.28. The first-order chi connectivity index (χ1) is 4.61. The Kier molecular flexibility index (Phi) is 1.90. The van der Waals surface area contributed by atoms with Gasteiger partial charge in [0.15, 0.2) is 11.0 Å². The molecule has 1 aromatic rings. The van der Waals surface area contributed by atoms with Crippen LogP contribution in [0.4, 0.5) is 4.39 Å². The molecule has 0 amide bonds. The standard InChI is InChI=1S/C7H7ClFN/c1-4-3-5(2)10-7(8)6(4)9/h3H,1-2H3. The summed E-state index contributed by atoms with van der Waals surface area (Å²) in [6.07, 6.45) is 0. The smallest absolute Gasteiger partial charge is 0.165 e. The monoisotopic (exact) mass is 159 g/mol. The van der Waals surface area contributed by atoms with Gasteiger partial charge >= 0.3 is 0 Å². The van der Waals surface area contributed by atoms with Crippen LogP contribution in [0.25, 0.3) is 0 Å². The number of nitrogens with zero attached hydrogens (tertiary/aromatic N) is 1. The fourth-order valence-corrected chi connectivity index (χ4v) is 1.06. The second-order valence-electron chi connectivity index (χ2n) is 2.19. The quantitative estimate of drug-likeness (QED) is 0.530. The summed E-state index contributed by atoms with van der Waals surface area (Å²) in [6, 6.07) is 1.65. The van der Waals surface area contributed by atoms with E-state index in [0.717, 1.165) is 5.69 Å². The number of aromatic nitrogens is 1. The van der Waals surface area contributed by atoms with Crippen LogP contribution >= 0.6 is 11.6 Å². The minimum atomic E-state index is -0.424. The van der Waals surface area contributed by atoms with E-state index in [4.69, 9.17) is 11.6 Å². The summed E-state index contributed by atoms with van der Waals surface area (Å²) in [5.74, 6) is -0.424.